The molecule has 2 aromatic rings. The summed E-state index contributed by atoms with van der Waals surface area (Å²) in [5, 5.41) is 13.0. The highest BCUT2D eigenvalue weighted by Gasteiger charge is 2.30. The quantitative estimate of drug-likeness (QED) is 0.867. The third-order valence-electron chi connectivity index (χ3n) is 3.81. The van der Waals surface area contributed by atoms with E-state index in [0.29, 0.717) is 13.1 Å². The SMILES string of the molecule is CN1CCN(NC(=O)c2nnn(-c3ccc(C(F)(F)F)cc3)n2)CC1. The summed E-state index contributed by atoms with van der Waals surface area (Å²) in [6.07, 6.45) is -4.41. The highest BCUT2D eigenvalue weighted by atomic mass is 19.4. The minimum Gasteiger partial charge on any atom is -0.304 e. The predicted octanol–water partition coefficient (Wildman–Crippen LogP) is 0.573. The van der Waals surface area contributed by atoms with Gasteiger partial charge in [-0.2, -0.15) is 13.2 Å². The Morgan fingerprint density at radius 2 is 1.76 bits per heavy atom. The molecule has 1 aliphatic heterocycles. The van der Waals surface area contributed by atoms with Gasteiger partial charge in [0.15, 0.2) is 0 Å². The van der Waals surface area contributed by atoms with Gasteiger partial charge in [-0.05, 0) is 36.5 Å². The van der Waals surface area contributed by atoms with Gasteiger partial charge in [0.1, 0.15) is 0 Å². The molecule has 8 nitrogen and oxygen atoms in total. The fourth-order valence-electron chi connectivity index (χ4n) is 2.31. The summed E-state index contributed by atoms with van der Waals surface area (Å²) in [5.41, 5.74) is 2.19. The van der Waals surface area contributed by atoms with Gasteiger partial charge in [0.25, 0.3) is 5.82 Å². The number of likely N-dealkylation sites (N-methyl/N-ethyl adjacent to an activating group) is 1. The van der Waals surface area contributed by atoms with Crippen LogP contribution in [0.15, 0.2) is 24.3 Å². The molecule has 1 N–H and O–H groups in total. The number of piperazine rings is 1. The standard InChI is InChI=1S/C14H16F3N7O/c1-22-6-8-23(9-7-22)20-13(25)12-18-21-24(19-12)11-4-2-10(3-5-11)14(15,16)17/h2-5H,6-9H2,1H3,(H,20,25). The van der Waals surface area contributed by atoms with Crippen LogP contribution < -0.4 is 5.43 Å². The molecule has 1 aliphatic rings. The zero-order chi connectivity index (χ0) is 18.0. The van der Waals surface area contributed by atoms with E-state index in [9.17, 15) is 18.0 Å². The lowest BCUT2D eigenvalue weighted by Gasteiger charge is -2.31. The Hall–Kier alpha value is -2.53. The van der Waals surface area contributed by atoms with Crippen LogP contribution in [0.1, 0.15) is 16.2 Å². The molecule has 1 saturated heterocycles. The zero-order valence-corrected chi connectivity index (χ0v) is 13.4. The third-order valence-corrected chi connectivity index (χ3v) is 3.81. The largest absolute Gasteiger partial charge is 0.416 e. The van der Waals surface area contributed by atoms with Gasteiger partial charge in [-0.15, -0.1) is 15.0 Å². The minimum absolute atomic E-state index is 0.154. The van der Waals surface area contributed by atoms with E-state index in [1.165, 1.54) is 12.1 Å². The lowest BCUT2D eigenvalue weighted by Crippen LogP contribution is -2.52. The van der Waals surface area contributed by atoms with Crippen molar-refractivity contribution in [2.45, 2.75) is 6.18 Å². The highest BCUT2D eigenvalue weighted by Crippen LogP contribution is 2.29. The topological polar surface area (TPSA) is 79.2 Å². The first-order valence-electron chi connectivity index (χ1n) is 7.55. The molecule has 0 radical (unpaired) electrons. The number of benzene rings is 1. The molecule has 2 heterocycles. The molecule has 0 aliphatic carbocycles. The molecular formula is C14H16F3N7O. The van der Waals surface area contributed by atoms with Crippen LogP contribution in [0, 0.1) is 0 Å². The maximum atomic E-state index is 12.6. The molecule has 1 aromatic carbocycles. The summed E-state index contributed by atoms with van der Waals surface area (Å²) in [6, 6.07) is 4.27. The van der Waals surface area contributed by atoms with Crippen molar-refractivity contribution in [3.8, 4) is 5.69 Å². The van der Waals surface area contributed by atoms with E-state index in [0.717, 1.165) is 30.0 Å². The number of hydrogen-bond donors (Lipinski definition) is 1. The fourth-order valence-corrected chi connectivity index (χ4v) is 2.31. The Morgan fingerprint density at radius 1 is 1.12 bits per heavy atom. The number of tetrazole rings is 1. The van der Waals surface area contributed by atoms with E-state index >= 15 is 0 Å². The number of hydrogen-bond acceptors (Lipinski definition) is 6. The molecule has 3 rings (SSSR count). The Kier molecular flexibility index (Phi) is 4.68. The van der Waals surface area contributed by atoms with Crippen molar-refractivity contribution in [3.63, 3.8) is 0 Å². The van der Waals surface area contributed by atoms with Crippen molar-refractivity contribution in [1.29, 1.82) is 0 Å². The molecule has 1 aromatic heterocycles. The van der Waals surface area contributed by atoms with E-state index in [2.05, 4.69) is 25.7 Å². The van der Waals surface area contributed by atoms with Crippen LogP contribution in [0.25, 0.3) is 5.69 Å². The van der Waals surface area contributed by atoms with Crippen LogP contribution in [0.2, 0.25) is 0 Å². The van der Waals surface area contributed by atoms with Gasteiger partial charge < -0.3 is 4.90 Å². The first-order chi connectivity index (χ1) is 11.8. The third kappa shape index (κ3) is 4.12. The summed E-state index contributed by atoms with van der Waals surface area (Å²) in [5.74, 6) is -0.665. The van der Waals surface area contributed by atoms with Crippen LogP contribution in [0.4, 0.5) is 13.2 Å². The Balaban J connectivity index is 1.66. The maximum absolute atomic E-state index is 12.6. The van der Waals surface area contributed by atoms with Crippen molar-refractivity contribution in [2.75, 3.05) is 33.2 Å². The summed E-state index contributed by atoms with van der Waals surface area (Å²) in [4.78, 5) is 15.3. The van der Waals surface area contributed by atoms with Gasteiger partial charge in [0, 0.05) is 26.2 Å². The Morgan fingerprint density at radius 3 is 2.36 bits per heavy atom. The van der Waals surface area contributed by atoms with Gasteiger partial charge in [0.05, 0.1) is 11.3 Å². The number of amides is 1. The van der Waals surface area contributed by atoms with Crippen LogP contribution >= 0.6 is 0 Å². The minimum atomic E-state index is -4.41. The average Bonchev–Trinajstić information content (AvgIpc) is 3.06. The van der Waals surface area contributed by atoms with Crippen molar-refractivity contribution < 1.29 is 18.0 Å². The van der Waals surface area contributed by atoms with Gasteiger partial charge >= 0.3 is 12.1 Å². The number of alkyl halides is 3. The molecule has 1 amide bonds. The second-order valence-corrected chi connectivity index (χ2v) is 5.68. The molecule has 0 spiro atoms. The van der Waals surface area contributed by atoms with Crippen molar-refractivity contribution in [2.24, 2.45) is 0 Å². The highest BCUT2D eigenvalue weighted by molar-refractivity contribution is 5.89. The molecule has 11 heteroatoms. The van der Waals surface area contributed by atoms with Gasteiger partial charge in [-0.1, -0.05) is 0 Å². The second-order valence-electron chi connectivity index (χ2n) is 5.68. The number of hydrazine groups is 1. The molecule has 0 saturated carbocycles. The zero-order valence-electron chi connectivity index (χ0n) is 13.4. The van der Waals surface area contributed by atoms with Crippen LogP contribution in [0.3, 0.4) is 0 Å². The van der Waals surface area contributed by atoms with E-state index in [-0.39, 0.29) is 11.5 Å². The van der Waals surface area contributed by atoms with Crippen LogP contribution in [0.5, 0.6) is 0 Å². The van der Waals surface area contributed by atoms with Gasteiger partial charge in [-0.3, -0.25) is 10.2 Å². The van der Waals surface area contributed by atoms with Crippen molar-refractivity contribution in [3.05, 3.63) is 35.7 Å². The van der Waals surface area contributed by atoms with E-state index in [4.69, 9.17) is 0 Å². The number of carbonyl (C=O) groups excluding carboxylic acids is 1. The first kappa shape index (κ1) is 17.3. The summed E-state index contributed by atoms with van der Waals surface area (Å²) < 4.78 is 37.7. The number of halogens is 3. The van der Waals surface area contributed by atoms with Crippen LogP contribution in [-0.2, 0) is 6.18 Å². The predicted molar refractivity (Wildman–Crippen MR) is 80.7 cm³/mol. The number of rotatable bonds is 3. The lowest BCUT2D eigenvalue weighted by molar-refractivity contribution is -0.137. The first-order valence-corrected chi connectivity index (χ1v) is 7.55. The monoisotopic (exact) mass is 355 g/mol. The number of carbonyl (C=O) groups is 1. The summed E-state index contributed by atoms with van der Waals surface area (Å²) in [7, 11) is 2.00. The maximum Gasteiger partial charge on any atom is 0.416 e. The average molecular weight is 355 g/mol. The van der Waals surface area contributed by atoms with Gasteiger partial charge in [-0.25, -0.2) is 5.01 Å². The normalized spacial score (nSPS) is 16.8. The molecule has 0 bridgehead atoms. The molecular weight excluding hydrogens is 339 g/mol. The second kappa shape index (κ2) is 6.76. The fraction of sp³-hybridized carbons (Fsp3) is 0.429. The van der Waals surface area contributed by atoms with Crippen molar-refractivity contribution >= 4 is 5.91 Å². The van der Waals surface area contributed by atoms with Crippen molar-refractivity contribution in [1.82, 2.24) is 35.5 Å². The summed E-state index contributed by atoms with van der Waals surface area (Å²) in [6.45, 7) is 3.00. The van der Waals surface area contributed by atoms with E-state index in [1.807, 2.05) is 7.05 Å². The van der Waals surface area contributed by atoms with Crippen LogP contribution in [-0.4, -0.2) is 69.2 Å². The number of nitrogens with one attached hydrogen (secondary N) is 1. The number of aromatic nitrogens is 4. The molecule has 25 heavy (non-hydrogen) atoms. The number of nitrogens with zero attached hydrogens (tertiary/aromatic N) is 6. The smallest absolute Gasteiger partial charge is 0.304 e. The lowest BCUT2D eigenvalue weighted by atomic mass is 10.2. The Labute approximate surface area is 141 Å². The Bertz CT molecular complexity index is 736. The molecule has 0 atom stereocenters. The molecule has 0 unspecified atom stereocenters. The van der Waals surface area contributed by atoms with E-state index < -0.39 is 17.6 Å². The molecule has 134 valence electrons. The molecule has 1 fully saturated rings. The van der Waals surface area contributed by atoms with Gasteiger partial charge in [0.2, 0.25) is 0 Å². The van der Waals surface area contributed by atoms with E-state index in [1.54, 1.807) is 5.01 Å². The summed E-state index contributed by atoms with van der Waals surface area (Å²) >= 11 is 0.